The summed E-state index contributed by atoms with van der Waals surface area (Å²) in [6.07, 6.45) is 3.19. The molecule has 0 aliphatic rings. The molecule has 0 saturated carbocycles. The highest BCUT2D eigenvalue weighted by Crippen LogP contribution is 2.21. The van der Waals surface area contributed by atoms with Crippen LogP contribution in [0.2, 0.25) is 0 Å². The van der Waals surface area contributed by atoms with Gasteiger partial charge in [0.25, 0.3) is 0 Å². The Kier molecular flexibility index (Phi) is 2.97. The van der Waals surface area contributed by atoms with Crippen LogP contribution in [0.4, 0.5) is 0 Å². The van der Waals surface area contributed by atoms with Gasteiger partial charge in [-0.05, 0) is 0 Å². The van der Waals surface area contributed by atoms with Crippen molar-refractivity contribution in [1.82, 2.24) is 4.98 Å². The minimum absolute atomic E-state index is 0.423. The van der Waals surface area contributed by atoms with Gasteiger partial charge in [0.1, 0.15) is 6.07 Å². The predicted molar refractivity (Wildman–Crippen MR) is 64.2 cm³/mol. The lowest BCUT2D eigenvalue weighted by atomic mass is 10.1. The van der Waals surface area contributed by atoms with Gasteiger partial charge in [0.2, 0.25) is 0 Å². The average molecular weight is 230 g/mol. The summed E-state index contributed by atoms with van der Waals surface area (Å²) in [6, 6.07) is 9.69. The largest absolute Gasteiger partial charge is 0.259 e. The van der Waals surface area contributed by atoms with Gasteiger partial charge in [-0.3, -0.25) is 9.19 Å². The summed E-state index contributed by atoms with van der Waals surface area (Å²) in [5, 5.41) is 10.7. The van der Waals surface area contributed by atoms with Crippen molar-refractivity contribution in [2.24, 2.45) is 0 Å². The smallest absolute Gasteiger partial charge is 0.101 e. The van der Waals surface area contributed by atoms with E-state index in [4.69, 9.17) is 5.26 Å². The van der Waals surface area contributed by atoms with E-state index in [1.54, 1.807) is 12.5 Å². The average Bonchev–Trinajstić information content (AvgIpc) is 2.29. The third-order valence-electron chi connectivity index (χ3n) is 2.34. The molecule has 0 aliphatic carbocycles. The second-order valence-electron chi connectivity index (χ2n) is 3.49. The summed E-state index contributed by atoms with van der Waals surface area (Å²) in [7, 11) is -0.927. The third-order valence-corrected chi connectivity index (χ3v) is 3.02. The van der Waals surface area contributed by atoms with Crippen LogP contribution in [0.5, 0.6) is 0 Å². The molecular weight excluding hydrogens is 220 g/mol. The lowest BCUT2D eigenvalue weighted by molar-refractivity contribution is 0.686. The van der Waals surface area contributed by atoms with Crippen LogP contribution in [-0.4, -0.2) is 15.4 Å². The zero-order valence-electron chi connectivity index (χ0n) is 8.80. The molecule has 0 N–H and O–H groups in total. The number of pyridine rings is 1. The molecule has 1 heterocycles. The molecule has 0 radical (unpaired) electrons. The van der Waals surface area contributed by atoms with E-state index in [0.717, 1.165) is 16.5 Å². The van der Waals surface area contributed by atoms with E-state index in [1.165, 1.54) is 0 Å². The van der Waals surface area contributed by atoms with Gasteiger partial charge >= 0.3 is 0 Å². The SMILES string of the molecule is CS(=O)Cc1ncc(C#N)c2ccccc12. The van der Waals surface area contributed by atoms with Gasteiger partial charge in [-0.1, -0.05) is 24.3 Å². The fourth-order valence-electron chi connectivity index (χ4n) is 1.65. The van der Waals surface area contributed by atoms with E-state index in [2.05, 4.69) is 11.1 Å². The molecule has 0 saturated heterocycles. The van der Waals surface area contributed by atoms with E-state index < -0.39 is 10.8 Å². The van der Waals surface area contributed by atoms with Gasteiger partial charge < -0.3 is 0 Å². The van der Waals surface area contributed by atoms with Crippen LogP contribution in [0, 0.1) is 11.3 Å². The summed E-state index contributed by atoms with van der Waals surface area (Å²) in [4.78, 5) is 4.20. The number of hydrogen-bond donors (Lipinski definition) is 0. The minimum atomic E-state index is -0.927. The van der Waals surface area contributed by atoms with Crippen LogP contribution < -0.4 is 0 Å². The first-order valence-electron chi connectivity index (χ1n) is 4.79. The molecule has 1 aromatic heterocycles. The molecule has 0 fully saturated rings. The van der Waals surface area contributed by atoms with E-state index in [-0.39, 0.29) is 0 Å². The van der Waals surface area contributed by atoms with Crippen LogP contribution in [-0.2, 0) is 16.6 Å². The van der Waals surface area contributed by atoms with Gasteiger partial charge in [0, 0.05) is 34.0 Å². The number of benzene rings is 1. The first-order chi connectivity index (χ1) is 7.72. The van der Waals surface area contributed by atoms with Crippen LogP contribution in [0.3, 0.4) is 0 Å². The van der Waals surface area contributed by atoms with Gasteiger partial charge in [-0.15, -0.1) is 0 Å². The molecule has 1 unspecified atom stereocenters. The molecule has 80 valence electrons. The predicted octanol–water partition coefficient (Wildman–Crippen LogP) is 1.98. The summed E-state index contributed by atoms with van der Waals surface area (Å²) in [5.41, 5.74) is 1.34. The summed E-state index contributed by atoms with van der Waals surface area (Å²) in [6.45, 7) is 0. The van der Waals surface area contributed by atoms with Gasteiger partial charge in [0.05, 0.1) is 17.0 Å². The normalized spacial score (nSPS) is 12.2. The second-order valence-corrected chi connectivity index (χ2v) is 4.93. The van der Waals surface area contributed by atoms with Crippen molar-refractivity contribution in [2.45, 2.75) is 5.75 Å². The zero-order valence-corrected chi connectivity index (χ0v) is 9.62. The monoisotopic (exact) mass is 230 g/mol. The maximum absolute atomic E-state index is 11.2. The standard InChI is InChI=1S/C12H10N2OS/c1-16(15)8-12-11-5-3-2-4-10(11)9(6-13)7-14-12/h2-5,7H,8H2,1H3. The molecule has 3 nitrogen and oxygen atoms in total. The fourth-order valence-corrected chi connectivity index (χ4v) is 2.26. The molecule has 0 amide bonds. The summed E-state index contributed by atoms with van der Waals surface area (Å²) < 4.78 is 11.2. The number of fused-ring (bicyclic) bond motifs is 1. The highest BCUT2D eigenvalue weighted by Gasteiger charge is 2.07. The topological polar surface area (TPSA) is 53.8 Å². The van der Waals surface area contributed by atoms with Crippen molar-refractivity contribution in [3.63, 3.8) is 0 Å². The van der Waals surface area contributed by atoms with E-state index >= 15 is 0 Å². The lowest BCUT2D eigenvalue weighted by Crippen LogP contribution is -1.98. The van der Waals surface area contributed by atoms with Gasteiger partial charge in [-0.2, -0.15) is 5.26 Å². The number of nitriles is 1. The molecule has 1 aromatic carbocycles. The Morgan fingerprint density at radius 3 is 2.69 bits per heavy atom. The zero-order chi connectivity index (χ0) is 11.5. The Balaban J connectivity index is 2.70. The van der Waals surface area contributed by atoms with E-state index in [1.807, 2.05) is 24.3 Å². The molecule has 0 bridgehead atoms. The van der Waals surface area contributed by atoms with Crippen LogP contribution >= 0.6 is 0 Å². The van der Waals surface area contributed by atoms with Crippen molar-refractivity contribution < 1.29 is 4.21 Å². The van der Waals surface area contributed by atoms with Crippen molar-refractivity contribution in [2.75, 3.05) is 6.26 Å². The molecular formula is C12H10N2OS. The molecule has 0 aliphatic heterocycles. The maximum Gasteiger partial charge on any atom is 0.101 e. The summed E-state index contributed by atoms with van der Waals surface area (Å²) >= 11 is 0. The van der Waals surface area contributed by atoms with Gasteiger partial charge in [-0.25, -0.2) is 0 Å². The van der Waals surface area contributed by atoms with Crippen molar-refractivity contribution in [3.8, 4) is 6.07 Å². The first kappa shape index (κ1) is 10.8. The summed E-state index contributed by atoms with van der Waals surface area (Å²) in [5.74, 6) is 0.423. The number of nitrogens with zero attached hydrogens (tertiary/aromatic N) is 2. The maximum atomic E-state index is 11.2. The Hall–Kier alpha value is -1.73. The minimum Gasteiger partial charge on any atom is -0.259 e. The second kappa shape index (κ2) is 4.42. The molecule has 2 rings (SSSR count). The third kappa shape index (κ3) is 1.95. The van der Waals surface area contributed by atoms with Gasteiger partial charge in [0.15, 0.2) is 0 Å². The Morgan fingerprint density at radius 2 is 2.06 bits per heavy atom. The quantitative estimate of drug-likeness (QED) is 0.792. The molecule has 2 aromatic rings. The number of rotatable bonds is 2. The van der Waals surface area contributed by atoms with Crippen LogP contribution in [0.1, 0.15) is 11.3 Å². The Labute approximate surface area is 96.2 Å². The number of aromatic nitrogens is 1. The molecule has 4 heteroatoms. The molecule has 1 atom stereocenters. The fraction of sp³-hybridized carbons (Fsp3) is 0.167. The highest BCUT2D eigenvalue weighted by atomic mass is 32.2. The highest BCUT2D eigenvalue weighted by molar-refractivity contribution is 7.83. The van der Waals surface area contributed by atoms with Crippen LogP contribution in [0.25, 0.3) is 10.8 Å². The first-order valence-corrected chi connectivity index (χ1v) is 6.52. The number of hydrogen-bond acceptors (Lipinski definition) is 3. The molecule has 16 heavy (non-hydrogen) atoms. The van der Waals surface area contributed by atoms with Crippen LogP contribution in [0.15, 0.2) is 30.5 Å². The lowest BCUT2D eigenvalue weighted by Gasteiger charge is -2.05. The molecule has 0 spiro atoms. The Bertz CT molecular complexity index is 601. The van der Waals surface area contributed by atoms with Crippen molar-refractivity contribution >= 4 is 21.6 Å². The Morgan fingerprint density at radius 1 is 1.38 bits per heavy atom. The van der Waals surface area contributed by atoms with Crippen molar-refractivity contribution in [3.05, 3.63) is 41.7 Å². The van der Waals surface area contributed by atoms with E-state index in [9.17, 15) is 4.21 Å². The van der Waals surface area contributed by atoms with E-state index in [0.29, 0.717) is 11.3 Å². The van der Waals surface area contributed by atoms with Crippen molar-refractivity contribution in [1.29, 1.82) is 5.26 Å².